The summed E-state index contributed by atoms with van der Waals surface area (Å²) in [5.41, 5.74) is 1.39. The number of hydrogen-bond acceptors (Lipinski definition) is 3. The quantitative estimate of drug-likeness (QED) is 0.873. The van der Waals surface area contributed by atoms with E-state index in [0.29, 0.717) is 5.41 Å². The molecule has 0 saturated carbocycles. The number of aromatic nitrogens is 1. The minimum absolute atomic E-state index is 0.421. The largest absolute Gasteiger partial charge is 0.389 e. The SMILES string of the molecule is C[C@@H](O)c1ccnc(N2CCCC(C)(C)CC2)c1. The van der Waals surface area contributed by atoms with E-state index in [1.807, 2.05) is 12.1 Å². The van der Waals surface area contributed by atoms with Gasteiger partial charge in [0.05, 0.1) is 6.10 Å². The van der Waals surface area contributed by atoms with E-state index in [1.54, 1.807) is 13.1 Å². The van der Waals surface area contributed by atoms with E-state index in [-0.39, 0.29) is 0 Å². The average Bonchev–Trinajstić information content (AvgIpc) is 2.50. The molecule has 1 aromatic rings. The minimum atomic E-state index is -0.421. The van der Waals surface area contributed by atoms with Gasteiger partial charge in [0.25, 0.3) is 0 Å². The first kappa shape index (κ1) is 13.3. The van der Waals surface area contributed by atoms with Crippen LogP contribution in [-0.2, 0) is 0 Å². The second kappa shape index (κ2) is 5.27. The maximum Gasteiger partial charge on any atom is 0.128 e. The summed E-state index contributed by atoms with van der Waals surface area (Å²) in [6, 6.07) is 3.90. The fourth-order valence-electron chi connectivity index (χ4n) is 2.52. The first-order valence-corrected chi connectivity index (χ1v) is 6.87. The van der Waals surface area contributed by atoms with Gasteiger partial charge in [0, 0.05) is 19.3 Å². The Morgan fingerprint density at radius 3 is 2.83 bits per heavy atom. The van der Waals surface area contributed by atoms with Crippen molar-refractivity contribution in [1.29, 1.82) is 0 Å². The highest BCUT2D eigenvalue weighted by atomic mass is 16.3. The van der Waals surface area contributed by atoms with E-state index in [1.165, 1.54) is 19.3 Å². The van der Waals surface area contributed by atoms with Gasteiger partial charge < -0.3 is 10.0 Å². The van der Waals surface area contributed by atoms with Gasteiger partial charge in [0.1, 0.15) is 5.82 Å². The number of aliphatic hydroxyl groups excluding tert-OH is 1. The fourth-order valence-corrected chi connectivity index (χ4v) is 2.52. The maximum atomic E-state index is 9.64. The van der Waals surface area contributed by atoms with E-state index in [0.717, 1.165) is 24.5 Å². The van der Waals surface area contributed by atoms with Crippen molar-refractivity contribution >= 4 is 5.82 Å². The van der Waals surface area contributed by atoms with Crippen LogP contribution in [0.1, 0.15) is 51.7 Å². The van der Waals surface area contributed by atoms with E-state index >= 15 is 0 Å². The van der Waals surface area contributed by atoms with Crippen molar-refractivity contribution in [3.05, 3.63) is 23.9 Å². The van der Waals surface area contributed by atoms with Gasteiger partial charge in [-0.25, -0.2) is 4.98 Å². The highest BCUT2D eigenvalue weighted by Crippen LogP contribution is 2.31. The Kier molecular flexibility index (Phi) is 3.91. The van der Waals surface area contributed by atoms with Gasteiger partial charge in [-0.05, 0) is 49.3 Å². The lowest BCUT2D eigenvalue weighted by atomic mass is 9.85. The van der Waals surface area contributed by atoms with Gasteiger partial charge in [-0.3, -0.25) is 0 Å². The molecular formula is C15H24N2O. The van der Waals surface area contributed by atoms with Gasteiger partial charge >= 0.3 is 0 Å². The van der Waals surface area contributed by atoms with Crippen LogP contribution >= 0.6 is 0 Å². The van der Waals surface area contributed by atoms with Gasteiger partial charge in [-0.2, -0.15) is 0 Å². The van der Waals surface area contributed by atoms with E-state index in [2.05, 4.69) is 23.7 Å². The number of aliphatic hydroxyl groups is 1. The number of rotatable bonds is 2. The first-order chi connectivity index (χ1) is 8.48. The average molecular weight is 248 g/mol. The van der Waals surface area contributed by atoms with Crippen molar-refractivity contribution in [3.63, 3.8) is 0 Å². The van der Waals surface area contributed by atoms with Crippen LogP contribution in [0.3, 0.4) is 0 Å². The standard InChI is InChI=1S/C15H24N2O/c1-12(18)13-5-8-16-14(11-13)17-9-4-6-15(2,3)7-10-17/h5,8,11-12,18H,4,6-7,9-10H2,1-3H3/t12-/m1/s1. The highest BCUT2D eigenvalue weighted by Gasteiger charge is 2.23. The van der Waals surface area contributed by atoms with Gasteiger partial charge in [0.15, 0.2) is 0 Å². The summed E-state index contributed by atoms with van der Waals surface area (Å²) in [5, 5.41) is 9.64. The van der Waals surface area contributed by atoms with E-state index in [4.69, 9.17) is 0 Å². The summed E-state index contributed by atoms with van der Waals surface area (Å²) < 4.78 is 0. The molecule has 1 atom stereocenters. The van der Waals surface area contributed by atoms with Crippen molar-refractivity contribution in [3.8, 4) is 0 Å². The van der Waals surface area contributed by atoms with E-state index < -0.39 is 6.10 Å². The molecule has 1 fully saturated rings. The Morgan fingerprint density at radius 2 is 2.11 bits per heavy atom. The fraction of sp³-hybridized carbons (Fsp3) is 0.667. The number of hydrogen-bond donors (Lipinski definition) is 1. The lowest BCUT2D eigenvalue weighted by Gasteiger charge is -2.24. The zero-order chi connectivity index (χ0) is 13.2. The Balaban J connectivity index is 2.13. The summed E-state index contributed by atoms with van der Waals surface area (Å²) in [4.78, 5) is 6.80. The van der Waals surface area contributed by atoms with Crippen LogP contribution in [0.15, 0.2) is 18.3 Å². The van der Waals surface area contributed by atoms with Crippen LogP contribution in [0.5, 0.6) is 0 Å². The molecule has 0 unspecified atom stereocenters. The Hall–Kier alpha value is -1.09. The van der Waals surface area contributed by atoms with Crippen molar-refractivity contribution in [2.24, 2.45) is 5.41 Å². The molecule has 0 radical (unpaired) electrons. The summed E-state index contributed by atoms with van der Waals surface area (Å²) in [5.74, 6) is 1.01. The second-order valence-corrected chi connectivity index (χ2v) is 6.13. The van der Waals surface area contributed by atoms with Gasteiger partial charge in [-0.1, -0.05) is 13.8 Å². The molecule has 2 heterocycles. The van der Waals surface area contributed by atoms with Crippen LogP contribution in [0.25, 0.3) is 0 Å². The molecule has 3 heteroatoms. The molecule has 18 heavy (non-hydrogen) atoms. The lowest BCUT2D eigenvalue weighted by Crippen LogP contribution is -2.26. The van der Waals surface area contributed by atoms with Crippen LogP contribution in [-0.4, -0.2) is 23.2 Å². The molecule has 0 aromatic carbocycles. The molecule has 3 nitrogen and oxygen atoms in total. The Labute approximate surface area is 110 Å². The van der Waals surface area contributed by atoms with Crippen LogP contribution in [0, 0.1) is 5.41 Å². The molecule has 100 valence electrons. The Morgan fingerprint density at radius 1 is 1.33 bits per heavy atom. The summed E-state index contributed by atoms with van der Waals surface area (Å²) in [6.07, 6.45) is 5.07. The van der Waals surface area contributed by atoms with Crippen molar-refractivity contribution < 1.29 is 5.11 Å². The molecule has 1 N–H and O–H groups in total. The number of anilines is 1. The molecular weight excluding hydrogens is 224 g/mol. The second-order valence-electron chi connectivity index (χ2n) is 6.13. The Bertz CT molecular complexity index is 401. The summed E-state index contributed by atoms with van der Waals surface area (Å²) in [7, 11) is 0. The molecule has 0 amide bonds. The molecule has 0 spiro atoms. The van der Waals surface area contributed by atoms with Crippen molar-refractivity contribution in [2.75, 3.05) is 18.0 Å². The molecule has 1 saturated heterocycles. The minimum Gasteiger partial charge on any atom is -0.389 e. The van der Waals surface area contributed by atoms with Crippen molar-refractivity contribution in [2.45, 2.75) is 46.1 Å². The number of nitrogens with zero attached hydrogens (tertiary/aromatic N) is 2. The third-order valence-electron chi connectivity index (χ3n) is 3.92. The summed E-state index contributed by atoms with van der Waals surface area (Å²) in [6.45, 7) is 8.61. The zero-order valence-corrected chi connectivity index (χ0v) is 11.7. The van der Waals surface area contributed by atoms with Crippen molar-refractivity contribution in [1.82, 2.24) is 4.98 Å². The lowest BCUT2D eigenvalue weighted by molar-refractivity contribution is 0.199. The van der Waals surface area contributed by atoms with Gasteiger partial charge in [0.2, 0.25) is 0 Å². The smallest absolute Gasteiger partial charge is 0.128 e. The predicted octanol–water partition coefficient (Wildman–Crippen LogP) is 3.15. The third kappa shape index (κ3) is 3.22. The topological polar surface area (TPSA) is 36.4 Å². The van der Waals surface area contributed by atoms with Gasteiger partial charge in [-0.15, -0.1) is 0 Å². The van der Waals surface area contributed by atoms with Crippen LogP contribution < -0.4 is 4.90 Å². The molecule has 0 bridgehead atoms. The third-order valence-corrected chi connectivity index (χ3v) is 3.92. The molecule has 1 aliphatic rings. The normalized spacial score (nSPS) is 21.4. The monoisotopic (exact) mass is 248 g/mol. The molecule has 0 aliphatic carbocycles. The van der Waals surface area contributed by atoms with Crippen LogP contribution in [0.2, 0.25) is 0 Å². The maximum absolute atomic E-state index is 9.64. The first-order valence-electron chi connectivity index (χ1n) is 6.87. The number of pyridine rings is 1. The van der Waals surface area contributed by atoms with Crippen LogP contribution in [0.4, 0.5) is 5.82 Å². The zero-order valence-electron chi connectivity index (χ0n) is 11.7. The molecule has 1 aromatic heterocycles. The molecule has 1 aliphatic heterocycles. The predicted molar refractivity (Wildman–Crippen MR) is 74.7 cm³/mol. The van der Waals surface area contributed by atoms with E-state index in [9.17, 15) is 5.11 Å². The molecule has 2 rings (SSSR count). The highest BCUT2D eigenvalue weighted by molar-refractivity contribution is 5.41. The summed E-state index contributed by atoms with van der Waals surface area (Å²) >= 11 is 0.